The Kier molecular flexibility index (Phi) is 14.6. The second kappa shape index (κ2) is 15.2. The van der Waals surface area contributed by atoms with Crippen LogP contribution in [0, 0.1) is 11.8 Å². The SMILES string of the molecule is C.CCCCCCC1CCOC1=O.CCCCCCC1COC(=O)C1. The van der Waals surface area contributed by atoms with E-state index in [0.29, 0.717) is 25.6 Å². The summed E-state index contributed by atoms with van der Waals surface area (Å²) in [5.74, 6) is 0.776. The van der Waals surface area contributed by atoms with Crippen LogP contribution in [0.3, 0.4) is 0 Å². The van der Waals surface area contributed by atoms with E-state index >= 15 is 0 Å². The van der Waals surface area contributed by atoms with Gasteiger partial charge in [-0.15, -0.1) is 0 Å². The zero-order valence-electron chi connectivity index (χ0n) is 15.7. The van der Waals surface area contributed by atoms with Gasteiger partial charge >= 0.3 is 11.9 Å². The molecule has 2 fully saturated rings. The molecule has 2 unspecified atom stereocenters. The standard InChI is InChI=1S/2C10H18O2.CH4/c1-2-3-4-5-6-9-7-10(11)12-8-9;1-2-3-4-5-6-9-7-8-12-10(9)11;/h2*9H,2-8H2,1H3;1H4. The third-order valence-corrected chi connectivity index (χ3v) is 4.85. The van der Waals surface area contributed by atoms with Crippen molar-refractivity contribution in [1.82, 2.24) is 0 Å². The van der Waals surface area contributed by atoms with E-state index in [1.165, 1.54) is 57.8 Å². The van der Waals surface area contributed by atoms with Crippen LogP contribution in [0.5, 0.6) is 0 Å². The van der Waals surface area contributed by atoms with Crippen molar-refractivity contribution in [3.63, 3.8) is 0 Å². The zero-order chi connectivity index (χ0) is 17.6. The van der Waals surface area contributed by atoms with Gasteiger partial charge in [-0.3, -0.25) is 9.59 Å². The van der Waals surface area contributed by atoms with Gasteiger partial charge in [0.05, 0.1) is 25.6 Å². The molecule has 0 aromatic heterocycles. The van der Waals surface area contributed by atoms with Crippen LogP contribution in [0.2, 0.25) is 0 Å². The first kappa shape index (κ1) is 23.9. The predicted octanol–water partition coefficient (Wildman–Crippen LogP) is 5.68. The number of esters is 2. The lowest BCUT2D eigenvalue weighted by molar-refractivity contribution is -0.141. The zero-order valence-corrected chi connectivity index (χ0v) is 15.7. The highest BCUT2D eigenvalue weighted by Gasteiger charge is 2.25. The molecule has 148 valence electrons. The third-order valence-electron chi connectivity index (χ3n) is 4.85. The topological polar surface area (TPSA) is 52.6 Å². The normalized spacial score (nSPS) is 21.8. The van der Waals surface area contributed by atoms with E-state index in [9.17, 15) is 9.59 Å². The molecule has 2 aliphatic heterocycles. The van der Waals surface area contributed by atoms with Gasteiger partial charge < -0.3 is 9.47 Å². The van der Waals surface area contributed by atoms with Gasteiger partial charge in [0.2, 0.25) is 0 Å². The number of carbonyl (C=O) groups is 2. The van der Waals surface area contributed by atoms with E-state index in [4.69, 9.17) is 9.47 Å². The fraction of sp³-hybridized carbons (Fsp3) is 0.905. The minimum Gasteiger partial charge on any atom is -0.465 e. The highest BCUT2D eigenvalue weighted by molar-refractivity contribution is 5.74. The van der Waals surface area contributed by atoms with Crippen LogP contribution in [0.1, 0.15) is 98.3 Å². The van der Waals surface area contributed by atoms with Gasteiger partial charge in [0, 0.05) is 5.92 Å². The number of cyclic esters (lactones) is 2. The Balaban J connectivity index is 0.000000443. The van der Waals surface area contributed by atoms with E-state index in [1.807, 2.05) is 0 Å². The second-order valence-electron chi connectivity index (χ2n) is 7.10. The van der Waals surface area contributed by atoms with Crippen molar-refractivity contribution in [2.24, 2.45) is 11.8 Å². The first-order chi connectivity index (χ1) is 11.7. The Morgan fingerprint density at radius 1 is 0.880 bits per heavy atom. The van der Waals surface area contributed by atoms with Gasteiger partial charge in [0.1, 0.15) is 0 Å². The van der Waals surface area contributed by atoms with Gasteiger partial charge in [0.15, 0.2) is 0 Å². The van der Waals surface area contributed by atoms with E-state index in [0.717, 1.165) is 12.8 Å². The summed E-state index contributed by atoms with van der Waals surface area (Å²) in [6, 6.07) is 0. The summed E-state index contributed by atoms with van der Waals surface area (Å²) in [6.45, 7) is 5.73. The van der Waals surface area contributed by atoms with Gasteiger partial charge in [-0.05, 0) is 19.3 Å². The molecule has 0 spiro atoms. The van der Waals surface area contributed by atoms with Gasteiger partial charge in [-0.1, -0.05) is 72.6 Å². The molecule has 0 aromatic rings. The Bertz CT molecular complexity index is 354. The molecular formula is C21H40O4. The maximum absolute atomic E-state index is 11.0. The van der Waals surface area contributed by atoms with Crippen LogP contribution < -0.4 is 0 Å². The molecule has 0 saturated carbocycles. The number of unbranched alkanes of at least 4 members (excludes halogenated alkanes) is 6. The lowest BCUT2D eigenvalue weighted by Gasteiger charge is -2.03. The molecular weight excluding hydrogens is 316 g/mol. The maximum atomic E-state index is 11.0. The number of hydrogen-bond acceptors (Lipinski definition) is 4. The quantitative estimate of drug-likeness (QED) is 0.373. The lowest BCUT2D eigenvalue weighted by Crippen LogP contribution is -2.06. The van der Waals surface area contributed by atoms with Crippen LogP contribution in [0.15, 0.2) is 0 Å². The first-order valence-electron chi connectivity index (χ1n) is 9.99. The summed E-state index contributed by atoms with van der Waals surface area (Å²) in [6.07, 6.45) is 14.0. The summed E-state index contributed by atoms with van der Waals surface area (Å²) in [7, 11) is 0. The van der Waals surface area contributed by atoms with Gasteiger partial charge in [-0.25, -0.2) is 0 Å². The fourth-order valence-electron chi connectivity index (χ4n) is 3.23. The molecule has 4 nitrogen and oxygen atoms in total. The number of rotatable bonds is 10. The first-order valence-corrected chi connectivity index (χ1v) is 9.99. The largest absolute Gasteiger partial charge is 0.465 e. The Hall–Kier alpha value is -1.06. The van der Waals surface area contributed by atoms with Crippen molar-refractivity contribution in [2.75, 3.05) is 13.2 Å². The Morgan fingerprint density at radius 3 is 2.00 bits per heavy atom. The minimum atomic E-state index is -0.00417. The summed E-state index contributed by atoms with van der Waals surface area (Å²) >= 11 is 0. The Labute approximate surface area is 155 Å². The lowest BCUT2D eigenvalue weighted by atomic mass is 10.00. The molecule has 25 heavy (non-hydrogen) atoms. The van der Waals surface area contributed by atoms with Gasteiger partial charge in [0.25, 0.3) is 0 Å². The molecule has 0 amide bonds. The summed E-state index contributed by atoms with van der Waals surface area (Å²) in [5.41, 5.74) is 0. The highest BCUT2D eigenvalue weighted by atomic mass is 16.5. The molecule has 2 heterocycles. The summed E-state index contributed by atoms with van der Waals surface area (Å²) < 4.78 is 9.77. The van der Waals surface area contributed by atoms with Crippen LogP contribution >= 0.6 is 0 Å². The average molecular weight is 357 g/mol. The molecule has 0 aromatic carbocycles. The number of carbonyl (C=O) groups excluding carboxylic acids is 2. The van der Waals surface area contributed by atoms with Crippen molar-refractivity contribution < 1.29 is 19.1 Å². The van der Waals surface area contributed by atoms with E-state index in [2.05, 4.69) is 13.8 Å². The van der Waals surface area contributed by atoms with E-state index in [1.54, 1.807) is 0 Å². The van der Waals surface area contributed by atoms with Crippen LogP contribution in [-0.4, -0.2) is 25.2 Å². The molecule has 2 aliphatic rings. The molecule has 0 bridgehead atoms. The van der Waals surface area contributed by atoms with Crippen molar-refractivity contribution >= 4 is 11.9 Å². The molecule has 0 radical (unpaired) electrons. The predicted molar refractivity (Wildman–Crippen MR) is 102 cm³/mol. The van der Waals surface area contributed by atoms with Crippen molar-refractivity contribution in [3.8, 4) is 0 Å². The molecule has 0 aliphatic carbocycles. The molecule has 4 heteroatoms. The van der Waals surface area contributed by atoms with Crippen molar-refractivity contribution in [3.05, 3.63) is 0 Å². The van der Waals surface area contributed by atoms with Crippen LogP contribution in [-0.2, 0) is 19.1 Å². The number of ether oxygens (including phenoxy) is 2. The molecule has 2 rings (SSSR count). The smallest absolute Gasteiger partial charge is 0.309 e. The van der Waals surface area contributed by atoms with Gasteiger partial charge in [-0.2, -0.15) is 0 Å². The number of hydrogen-bond donors (Lipinski definition) is 0. The van der Waals surface area contributed by atoms with E-state index < -0.39 is 0 Å². The van der Waals surface area contributed by atoms with E-state index in [-0.39, 0.29) is 25.3 Å². The second-order valence-corrected chi connectivity index (χ2v) is 7.10. The van der Waals surface area contributed by atoms with Crippen LogP contribution in [0.25, 0.3) is 0 Å². The summed E-state index contributed by atoms with van der Waals surface area (Å²) in [5, 5.41) is 0. The minimum absolute atomic E-state index is 0. The molecule has 0 N–H and O–H groups in total. The highest BCUT2D eigenvalue weighted by Crippen LogP contribution is 2.21. The van der Waals surface area contributed by atoms with Crippen LogP contribution in [0.4, 0.5) is 0 Å². The van der Waals surface area contributed by atoms with Crippen molar-refractivity contribution in [2.45, 2.75) is 98.3 Å². The monoisotopic (exact) mass is 356 g/mol. The molecule has 2 saturated heterocycles. The van der Waals surface area contributed by atoms with Crippen molar-refractivity contribution in [1.29, 1.82) is 0 Å². The Morgan fingerprint density at radius 2 is 1.52 bits per heavy atom. The average Bonchev–Trinajstić information content (AvgIpc) is 3.17. The molecule has 2 atom stereocenters. The maximum Gasteiger partial charge on any atom is 0.309 e. The summed E-state index contributed by atoms with van der Waals surface area (Å²) in [4.78, 5) is 21.7. The fourth-order valence-corrected chi connectivity index (χ4v) is 3.23. The third kappa shape index (κ3) is 11.2.